The summed E-state index contributed by atoms with van der Waals surface area (Å²) in [7, 11) is 0. The molecule has 4 nitrogen and oxygen atoms in total. The number of carbonyl (C=O) groups excluding carboxylic acids is 1. The molecule has 1 aromatic carbocycles. The van der Waals surface area contributed by atoms with Crippen molar-refractivity contribution in [3.63, 3.8) is 0 Å². The summed E-state index contributed by atoms with van der Waals surface area (Å²) >= 11 is 1.48. The number of nitrogens with zero attached hydrogens (tertiary/aromatic N) is 1. The number of benzene rings is 1. The first-order valence-electron chi connectivity index (χ1n) is 6.35. The maximum atomic E-state index is 12.4. The Balaban J connectivity index is 2.24. The molecule has 0 saturated heterocycles. The topological polar surface area (TPSA) is 66.6 Å². The number of anilines is 1. The molecule has 0 atom stereocenters. The van der Waals surface area contributed by atoms with Gasteiger partial charge in [0.1, 0.15) is 0 Å². The number of nitrogen functional groups attached to an aromatic ring is 1. The second-order valence-electron chi connectivity index (χ2n) is 4.37. The van der Waals surface area contributed by atoms with Gasteiger partial charge < -0.3 is 15.7 Å². The Hall–Kier alpha value is -1.59. The van der Waals surface area contributed by atoms with Crippen molar-refractivity contribution >= 4 is 33.0 Å². The number of fused-ring (bicyclic) bond motifs is 1. The van der Waals surface area contributed by atoms with Crippen molar-refractivity contribution in [1.82, 2.24) is 4.90 Å². The van der Waals surface area contributed by atoms with Crippen LogP contribution in [0, 0.1) is 0 Å². The monoisotopic (exact) mass is 278 g/mol. The van der Waals surface area contributed by atoms with E-state index in [0.29, 0.717) is 25.2 Å². The van der Waals surface area contributed by atoms with E-state index in [9.17, 15) is 4.79 Å². The van der Waals surface area contributed by atoms with Gasteiger partial charge in [0.15, 0.2) is 0 Å². The average molecular weight is 278 g/mol. The van der Waals surface area contributed by atoms with Gasteiger partial charge in [0, 0.05) is 30.1 Å². The molecule has 0 aliphatic carbocycles. The summed E-state index contributed by atoms with van der Waals surface area (Å²) < 4.78 is 1.07. The van der Waals surface area contributed by atoms with Crippen LogP contribution in [0.4, 0.5) is 5.69 Å². The third-order valence-corrected chi connectivity index (χ3v) is 4.11. The first-order valence-corrected chi connectivity index (χ1v) is 7.16. The quantitative estimate of drug-likeness (QED) is 0.825. The van der Waals surface area contributed by atoms with Crippen LogP contribution in [-0.2, 0) is 0 Å². The van der Waals surface area contributed by atoms with Crippen LogP contribution in [-0.4, -0.2) is 35.6 Å². The fourth-order valence-corrected chi connectivity index (χ4v) is 3.00. The fraction of sp³-hybridized carbons (Fsp3) is 0.357. The lowest BCUT2D eigenvalue weighted by atomic mass is 10.2. The van der Waals surface area contributed by atoms with E-state index < -0.39 is 0 Å². The normalized spacial score (nSPS) is 10.8. The molecular formula is C14H18N2O2S. The third kappa shape index (κ3) is 3.05. The molecule has 0 bridgehead atoms. The van der Waals surface area contributed by atoms with Crippen molar-refractivity contribution in [1.29, 1.82) is 0 Å². The molecule has 5 heteroatoms. The smallest absolute Gasteiger partial charge is 0.263 e. The molecule has 102 valence electrons. The van der Waals surface area contributed by atoms with Gasteiger partial charge in [0.25, 0.3) is 5.91 Å². The van der Waals surface area contributed by atoms with Crippen molar-refractivity contribution in [2.45, 2.75) is 13.3 Å². The van der Waals surface area contributed by atoms with Crippen LogP contribution in [0.3, 0.4) is 0 Å². The molecule has 0 aliphatic heterocycles. The summed E-state index contributed by atoms with van der Waals surface area (Å²) in [5, 5.41) is 9.86. The van der Waals surface area contributed by atoms with Crippen molar-refractivity contribution in [3.8, 4) is 0 Å². The highest BCUT2D eigenvalue weighted by Crippen LogP contribution is 2.28. The Kier molecular flexibility index (Phi) is 4.39. The predicted molar refractivity (Wildman–Crippen MR) is 79.5 cm³/mol. The molecule has 0 saturated carbocycles. The molecule has 1 heterocycles. The van der Waals surface area contributed by atoms with E-state index in [1.165, 1.54) is 11.3 Å². The average Bonchev–Trinajstić information content (AvgIpc) is 2.82. The van der Waals surface area contributed by atoms with Crippen molar-refractivity contribution in [2.75, 3.05) is 25.4 Å². The second-order valence-corrected chi connectivity index (χ2v) is 5.45. The van der Waals surface area contributed by atoms with Gasteiger partial charge in [-0.3, -0.25) is 4.79 Å². The van der Waals surface area contributed by atoms with Crippen molar-refractivity contribution in [3.05, 3.63) is 29.1 Å². The zero-order chi connectivity index (χ0) is 13.8. The number of nitrogens with two attached hydrogens (primary N) is 1. The standard InChI is InChI=1S/C14H18N2O2S/c1-2-16(6-3-7-17)14(18)13-9-10-8-11(15)4-5-12(10)19-13/h4-5,8-9,17H,2-3,6-7,15H2,1H3. The van der Waals surface area contributed by atoms with E-state index >= 15 is 0 Å². The van der Waals surface area contributed by atoms with Gasteiger partial charge in [-0.25, -0.2) is 0 Å². The Bertz CT molecular complexity index is 580. The lowest BCUT2D eigenvalue weighted by molar-refractivity contribution is 0.0759. The number of aliphatic hydroxyl groups excluding tert-OH is 1. The van der Waals surface area contributed by atoms with Crippen molar-refractivity contribution < 1.29 is 9.90 Å². The summed E-state index contributed by atoms with van der Waals surface area (Å²) in [5.74, 6) is 0.0238. The van der Waals surface area contributed by atoms with E-state index in [2.05, 4.69) is 0 Å². The molecule has 3 N–H and O–H groups in total. The largest absolute Gasteiger partial charge is 0.399 e. The minimum absolute atomic E-state index is 0.0238. The number of hydrogen-bond acceptors (Lipinski definition) is 4. The molecule has 2 aromatic rings. The summed E-state index contributed by atoms with van der Waals surface area (Å²) in [6.07, 6.45) is 0.609. The van der Waals surface area contributed by atoms with E-state index in [-0.39, 0.29) is 12.5 Å². The van der Waals surface area contributed by atoms with Crippen LogP contribution in [0.2, 0.25) is 0 Å². The number of thiophene rings is 1. The summed E-state index contributed by atoms with van der Waals surface area (Å²) in [6.45, 7) is 3.28. The Labute approximate surface area is 116 Å². The molecule has 1 amide bonds. The highest BCUT2D eigenvalue weighted by atomic mass is 32.1. The molecule has 0 radical (unpaired) electrons. The minimum atomic E-state index is 0.0238. The van der Waals surface area contributed by atoms with E-state index in [1.54, 1.807) is 4.90 Å². The zero-order valence-corrected chi connectivity index (χ0v) is 11.7. The van der Waals surface area contributed by atoms with Crippen LogP contribution >= 0.6 is 11.3 Å². The van der Waals surface area contributed by atoms with Gasteiger partial charge in [0.05, 0.1) is 4.88 Å². The van der Waals surface area contributed by atoms with Gasteiger partial charge in [-0.2, -0.15) is 0 Å². The summed E-state index contributed by atoms with van der Waals surface area (Å²) in [4.78, 5) is 14.8. The molecule has 1 aromatic heterocycles. The maximum Gasteiger partial charge on any atom is 0.263 e. The Morgan fingerprint density at radius 2 is 2.21 bits per heavy atom. The first-order chi connectivity index (χ1) is 9.15. The lowest BCUT2D eigenvalue weighted by Crippen LogP contribution is -2.31. The number of amides is 1. The van der Waals surface area contributed by atoms with Crippen LogP contribution in [0.5, 0.6) is 0 Å². The first kappa shape index (κ1) is 13.8. The van der Waals surface area contributed by atoms with Crippen LogP contribution in [0.15, 0.2) is 24.3 Å². The van der Waals surface area contributed by atoms with Gasteiger partial charge >= 0.3 is 0 Å². The molecule has 0 fully saturated rings. The second kappa shape index (κ2) is 6.04. The molecule has 2 rings (SSSR count). The number of rotatable bonds is 5. The van der Waals surface area contributed by atoms with E-state index in [0.717, 1.165) is 15.0 Å². The van der Waals surface area contributed by atoms with Crippen LogP contribution in [0.25, 0.3) is 10.1 Å². The van der Waals surface area contributed by atoms with Crippen LogP contribution < -0.4 is 5.73 Å². The summed E-state index contributed by atoms with van der Waals surface area (Å²) in [5.41, 5.74) is 6.45. The molecule has 0 unspecified atom stereocenters. The zero-order valence-electron chi connectivity index (χ0n) is 10.9. The minimum Gasteiger partial charge on any atom is -0.399 e. The molecular weight excluding hydrogens is 260 g/mol. The number of hydrogen-bond donors (Lipinski definition) is 2. The highest BCUT2D eigenvalue weighted by molar-refractivity contribution is 7.20. The highest BCUT2D eigenvalue weighted by Gasteiger charge is 2.16. The molecule has 0 spiro atoms. The van der Waals surface area contributed by atoms with E-state index in [1.807, 2.05) is 31.2 Å². The fourth-order valence-electron chi connectivity index (χ4n) is 1.99. The Morgan fingerprint density at radius 1 is 1.42 bits per heavy atom. The number of aliphatic hydroxyl groups is 1. The maximum absolute atomic E-state index is 12.4. The van der Waals surface area contributed by atoms with Crippen LogP contribution in [0.1, 0.15) is 23.0 Å². The molecule has 19 heavy (non-hydrogen) atoms. The van der Waals surface area contributed by atoms with Gasteiger partial charge in [-0.1, -0.05) is 0 Å². The SMILES string of the molecule is CCN(CCCO)C(=O)c1cc2cc(N)ccc2s1. The van der Waals surface area contributed by atoms with Gasteiger partial charge in [-0.05, 0) is 43.0 Å². The number of carbonyl (C=O) groups is 1. The summed E-state index contributed by atoms with van der Waals surface area (Å²) in [6, 6.07) is 7.56. The van der Waals surface area contributed by atoms with Gasteiger partial charge in [-0.15, -0.1) is 11.3 Å². The molecule has 0 aliphatic rings. The predicted octanol–water partition coefficient (Wildman–Crippen LogP) is 2.33. The Morgan fingerprint density at radius 3 is 2.89 bits per heavy atom. The third-order valence-electron chi connectivity index (χ3n) is 3.01. The van der Waals surface area contributed by atoms with E-state index in [4.69, 9.17) is 10.8 Å². The van der Waals surface area contributed by atoms with Crippen molar-refractivity contribution in [2.24, 2.45) is 0 Å². The van der Waals surface area contributed by atoms with Gasteiger partial charge in [0.2, 0.25) is 0 Å². The lowest BCUT2D eigenvalue weighted by Gasteiger charge is -2.19.